The van der Waals surface area contributed by atoms with E-state index in [1.165, 1.54) is 24.8 Å². The molecule has 0 spiro atoms. The van der Waals surface area contributed by atoms with Crippen molar-refractivity contribution in [3.8, 4) is 0 Å². The van der Waals surface area contributed by atoms with Crippen molar-refractivity contribution in [2.75, 3.05) is 6.54 Å². The third kappa shape index (κ3) is 3.93. The van der Waals surface area contributed by atoms with Gasteiger partial charge in [0.1, 0.15) is 0 Å². The third-order valence-electron chi connectivity index (χ3n) is 3.24. The van der Waals surface area contributed by atoms with Crippen LogP contribution >= 0.6 is 0 Å². The molecule has 0 atom stereocenters. The topological polar surface area (TPSA) is 24.9 Å². The van der Waals surface area contributed by atoms with Crippen LogP contribution in [-0.4, -0.2) is 17.6 Å². The number of nitrogens with zero attached hydrogens (tertiary/aromatic N) is 1. The van der Waals surface area contributed by atoms with Crippen molar-refractivity contribution in [3.05, 3.63) is 30.1 Å². The Morgan fingerprint density at radius 1 is 1.31 bits per heavy atom. The van der Waals surface area contributed by atoms with Crippen LogP contribution in [0.5, 0.6) is 0 Å². The molecule has 1 aliphatic carbocycles. The summed E-state index contributed by atoms with van der Waals surface area (Å²) in [6.07, 6.45) is 8.91. The van der Waals surface area contributed by atoms with Crippen molar-refractivity contribution in [2.24, 2.45) is 5.41 Å². The molecule has 1 saturated carbocycles. The van der Waals surface area contributed by atoms with Gasteiger partial charge in [-0.3, -0.25) is 4.98 Å². The maximum atomic E-state index is 4.06. The van der Waals surface area contributed by atoms with Crippen LogP contribution in [0, 0.1) is 5.41 Å². The summed E-state index contributed by atoms with van der Waals surface area (Å²) in [5.41, 5.74) is 1.77. The first kappa shape index (κ1) is 11.6. The standard InChI is InChI=1S/C14H22N2/c1-14(2,7-10-16-13-3-4-13)11-12-5-8-15-9-6-12/h5-6,8-9,13,16H,3-4,7,10-11H2,1-2H3. The lowest BCUT2D eigenvalue weighted by molar-refractivity contribution is 0.325. The Bertz CT molecular complexity index is 315. The second kappa shape index (κ2) is 4.96. The fourth-order valence-corrected chi connectivity index (χ4v) is 2.04. The first-order valence-corrected chi connectivity index (χ1v) is 6.28. The van der Waals surface area contributed by atoms with Crippen molar-refractivity contribution in [3.63, 3.8) is 0 Å². The quantitative estimate of drug-likeness (QED) is 0.794. The molecule has 0 unspecified atom stereocenters. The molecule has 1 aliphatic rings. The molecule has 0 aromatic carbocycles. The molecule has 88 valence electrons. The summed E-state index contributed by atoms with van der Waals surface area (Å²) in [6, 6.07) is 5.07. The highest BCUT2D eigenvalue weighted by molar-refractivity contribution is 5.11. The van der Waals surface area contributed by atoms with Crippen LogP contribution in [0.3, 0.4) is 0 Å². The monoisotopic (exact) mass is 218 g/mol. The average Bonchev–Trinajstić information content (AvgIpc) is 3.02. The number of rotatable bonds is 6. The molecule has 1 aromatic heterocycles. The van der Waals surface area contributed by atoms with Gasteiger partial charge in [0.05, 0.1) is 0 Å². The summed E-state index contributed by atoms with van der Waals surface area (Å²) < 4.78 is 0. The molecular weight excluding hydrogens is 196 g/mol. The second-order valence-electron chi connectivity index (χ2n) is 5.67. The number of hydrogen-bond donors (Lipinski definition) is 1. The van der Waals surface area contributed by atoms with Crippen molar-refractivity contribution in [1.82, 2.24) is 10.3 Å². The highest BCUT2D eigenvalue weighted by Gasteiger charge is 2.22. The molecule has 0 amide bonds. The van der Waals surface area contributed by atoms with Crippen LogP contribution in [0.25, 0.3) is 0 Å². The van der Waals surface area contributed by atoms with Crippen LogP contribution < -0.4 is 5.32 Å². The Balaban J connectivity index is 1.76. The Morgan fingerprint density at radius 2 is 2.00 bits per heavy atom. The van der Waals surface area contributed by atoms with Gasteiger partial charge in [0.25, 0.3) is 0 Å². The summed E-state index contributed by atoms with van der Waals surface area (Å²) in [7, 11) is 0. The zero-order chi connectivity index (χ0) is 11.4. The minimum atomic E-state index is 0.378. The average molecular weight is 218 g/mol. The molecule has 0 radical (unpaired) electrons. The van der Waals surface area contributed by atoms with Gasteiger partial charge in [-0.2, -0.15) is 0 Å². The van der Waals surface area contributed by atoms with Gasteiger partial charge in [-0.05, 0) is 55.3 Å². The van der Waals surface area contributed by atoms with E-state index in [2.05, 4.69) is 36.3 Å². The Hall–Kier alpha value is -0.890. The first-order valence-electron chi connectivity index (χ1n) is 6.28. The molecular formula is C14H22N2. The lowest BCUT2D eigenvalue weighted by atomic mass is 9.83. The van der Waals surface area contributed by atoms with E-state index in [-0.39, 0.29) is 0 Å². The molecule has 1 fully saturated rings. The lowest BCUT2D eigenvalue weighted by Gasteiger charge is -2.24. The molecule has 2 heteroatoms. The predicted octanol–water partition coefficient (Wildman–Crippen LogP) is 2.79. The summed E-state index contributed by atoms with van der Waals surface area (Å²) in [5, 5.41) is 3.59. The van der Waals surface area contributed by atoms with Gasteiger partial charge in [0, 0.05) is 18.4 Å². The van der Waals surface area contributed by atoms with E-state index in [1.54, 1.807) is 0 Å². The van der Waals surface area contributed by atoms with Crippen LogP contribution in [0.15, 0.2) is 24.5 Å². The summed E-state index contributed by atoms with van der Waals surface area (Å²) in [5.74, 6) is 0. The van der Waals surface area contributed by atoms with Crippen molar-refractivity contribution in [1.29, 1.82) is 0 Å². The van der Waals surface area contributed by atoms with E-state index in [1.807, 2.05) is 12.4 Å². The normalized spacial score (nSPS) is 16.4. The van der Waals surface area contributed by atoms with E-state index in [0.29, 0.717) is 5.41 Å². The summed E-state index contributed by atoms with van der Waals surface area (Å²) in [4.78, 5) is 4.06. The summed E-state index contributed by atoms with van der Waals surface area (Å²) >= 11 is 0. The molecule has 0 aliphatic heterocycles. The summed E-state index contributed by atoms with van der Waals surface area (Å²) in [6.45, 7) is 5.85. The molecule has 1 heterocycles. The van der Waals surface area contributed by atoms with Gasteiger partial charge in [-0.1, -0.05) is 13.8 Å². The second-order valence-corrected chi connectivity index (χ2v) is 5.67. The van der Waals surface area contributed by atoms with Gasteiger partial charge < -0.3 is 5.32 Å². The zero-order valence-corrected chi connectivity index (χ0v) is 10.4. The molecule has 1 aromatic rings. The van der Waals surface area contributed by atoms with Crippen LogP contribution in [-0.2, 0) is 6.42 Å². The highest BCUT2D eigenvalue weighted by atomic mass is 14.9. The Morgan fingerprint density at radius 3 is 2.62 bits per heavy atom. The highest BCUT2D eigenvalue weighted by Crippen LogP contribution is 2.26. The van der Waals surface area contributed by atoms with Gasteiger partial charge >= 0.3 is 0 Å². The zero-order valence-electron chi connectivity index (χ0n) is 10.4. The van der Waals surface area contributed by atoms with E-state index >= 15 is 0 Å². The van der Waals surface area contributed by atoms with Gasteiger partial charge in [0.15, 0.2) is 0 Å². The minimum Gasteiger partial charge on any atom is -0.314 e. The lowest BCUT2D eigenvalue weighted by Crippen LogP contribution is -2.25. The number of aromatic nitrogens is 1. The minimum absolute atomic E-state index is 0.378. The number of hydrogen-bond acceptors (Lipinski definition) is 2. The maximum Gasteiger partial charge on any atom is 0.0270 e. The maximum absolute atomic E-state index is 4.06. The van der Waals surface area contributed by atoms with Crippen LogP contribution in [0.2, 0.25) is 0 Å². The smallest absolute Gasteiger partial charge is 0.0270 e. The van der Waals surface area contributed by atoms with E-state index < -0.39 is 0 Å². The fourth-order valence-electron chi connectivity index (χ4n) is 2.04. The predicted molar refractivity (Wildman–Crippen MR) is 67.4 cm³/mol. The van der Waals surface area contributed by atoms with Gasteiger partial charge in [-0.15, -0.1) is 0 Å². The molecule has 0 saturated heterocycles. The van der Waals surface area contributed by atoms with Crippen LogP contribution in [0.1, 0.15) is 38.7 Å². The van der Waals surface area contributed by atoms with Crippen LogP contribution in [0.4, 0.5) is 0 Å². The molecule has 0 bridgehead atoms. The first-order chi connectivity index (χ1) is 7.66. The van der Waals surface area contributed by atoms with Crippen molar-refractivity contribution >= 4 is 0 Å². The number of nitrogens with one attached hydrogen (secondary N) is 1. The largest absolute Gasteiger partial charge is 0.314 e. The molecule has 2 rings (SSSR count). The molecule has 2 nitrogen and oxygen atoms in total. The molecule has 16 heavy (non-hydrogen) atoms. The van der Waals surface area contributed by atoms with E-state index in [4.69, 9.17) is 0 Å². The van der Waals surface area contributed by atoms with Gasteiger partial charge in [0.2, 0.25) is 0 Å². The Kier molecular flexibility index (Phi) is 3.59. The van der Waals surface area contributed by atoms with E-state index in [0.717, 1.165) is 19.0 Å². The fraction of sp³-hybridized carbons (Fsp3) is 0.643. The van der Waals surface area contributed by atoms with Gasteiger partial charge in [-0.25, -0.2) is 0 Å². The third-order valence-corrected chi connectivity index (χ3v) is 3.24. The van der Waals surface area contributed by atoms with Crippen molar-refractivity contribution < 1.29 is 0 Å². The van der Waals surface area contributed by atoms with E-state index in [9.17, 15) is 0 Å². The number of pyridine rings is 1. The van der Waals surface area contributed by atoms with Crippen molar-refractivity contribution in [2.45, 2.75) is 45.6 Å². The SMILES string of the molecule is CC(C)(CCNC1CC1)Cc1ccncc1. The molecule has 1 N–H and O–H groups in total. The Labute approximate surface area is 98.5 Å².